The monoisotopic (exact) mass is 301 g/mol. The van der Waals surface area contributed by atoms with E-state index in [4.69, 9.17) is 4.74 Å². The van der Waals surface area contributed by atoms with Crippen LogP contribution >= 0.6 is 11.8 Å². The van der Waals surface area contributed by atoms with Gasteiger partial charge in [-0.3, -0.25) is 9.59 Å². The summed E-state index contributed by atoms with van der Waals surface area (Å²) in [6.07, 6.45) is -0.332. The maximum atomic E-state index is 12.3. The summed E-state index contributed by atoms with van der Waals surface area (Å²) >= 11 is 1.47. The zero-order valence-corrected chi connectivity index (χ0v) is 12.3. The molecule has 1 unspecified atom stereocenters. The van der Waals surface area contributed by atoms with Crippen LogP contribution in [0.25, 0.3) is 0 Å². The van der Waals surface area contributed by atoms with Crippen molar-refractivity contribution in [3.8, 4) is 0 Å². The van der Waals surface area contributed by atoms with E-state index in [9.17, 15) is 14.4 Å². The number of ether oxygens (including phenoxy) is 1. The minimum Gasteiger partial charge on any atom is -0.450 e. The number of nitrogens with zero attached hydrogens (tertiary/aromatic N) is 2. The summed E-state index contributed by atoms with van der Waals surface area (Å²) in [5, 5.41) is 2.71. The van der Waals surface area contributed by atoms with E-state index in [1.165, 1.54) is 11.8 Å². The number of carbonyl (C=O) groups excluding carboxylic acids is 3. The summed E-state index contributed by atoms with van der Waals surface area (Å²) in [4.78, 5) is 38.4. The molecule has 0 aromatic heterocycles. The lowest BCUT2D eigenvalue weighted by Crippen LogP contribution is -2.57. The standard InChI is InChI=1S/C12H19N3O4S/c1-2-19-12(18)15-5-3-14(4-6-15)11(17)9-7-20-8-10(16)13-9/h9H,2-8H2,1H3,(H,13,16). The molecular weight excluding hydrogens is 282 g/mol. The van der Waals surface area contributed by atoms with Gasteiger partial charge in [-0.15, -0.1) is 11.8 Å². The van der Waals surface area contributed by atoms with Gasteiger partial charge in [0.1, 0.15) is 6.04 Å². The average molecular weight is 301 g/mol. The van der Waals surface area contributed by atoms with E-state index >= 15 is 0 Å². The Labute approximate surface area is 122 Å². The lowest BCUT2D eigenvalue weighted by atomic mass is 10.2. The minimum atomic E-state index is -0.435. The zero-order chi connectivity index (χ0) is 14.5. The molecule has 2 fully saturated rings. The van der Waals surface area contributed by atoms with Crippen molar-refractivity contribution >= 4 is 29.7 Å². The van der Waals surface area contributed by atoms with Crippen molar-refractivity contribution < 1.29 is 19.1 Å². The first kappa shape index (κ1) is 15.0. The first-order valence-corrected chi connectivity index (χ1v) is 7.85. The second-order valence-electron chi connectivity index (χ2n) is 4.65. The van der Waals surface area contributed by atoms with Crippen LogP contribution in [0.5, 0.6) is 0 Å². The van der Waals surface area contributed by atoms with Crippen molar-refractivity contribution in [1.82, 2.24) is 15.1 Å². The Kier molecular flexibility index (Phi) is 5.11. The molecular formula is C12H19N3O4S. The number of carbonyl (C=O) groups is 3. The molecule has 2 aliphatic rings. The first-order valence-electron chi connectivity index (χ1n) is 6.69. The third-order valence-corrected chi connectivity index (χ3v) is 4.30. The predicted molar refractivity (Wildman–Crippen MR) is 74.4 cm³/mol. The van der Waals surface area contributed by atoms with Gasteiger partial charge in [0, 0.05) is 31.9 Å². The molecule has 0 bridgehead atoms. The molecule has 1 atom stereocenters. The molecule has 112 valence electrons. The van der Waals surface area contributed by atoms with Crippen LogP contribution < -0.4 is 5.32 Å². The highest BCUT2D eigenvalue weighted by Crippen LogP contribution is 2.12. The van der Waals surface area contributed by atoms with Gasteiger partial charge in [0.25, 0.3) is 0 Å². The van der Waals surface area contributed by atoms with Gasteiger partial charge in [0.05, 0.1) is 12.4 Å². The highest BCUT2D eigenvalue weighted by molar-refractivity contribution is 8.00. The molecule has 0 aromatic carbocycles. The van der Waals surface area contributed by atoms with Crippen molar-refractivity contribution in [3.63, 3.8) is 0 Å². The van der Waals surface area contributed by atoms with Crippen molar-refractivity contribution in [2.75, 3.05) is 44.3 Å². The summed E-state index contributed by atoms with van der Waals surface area (Å²) < 4.78 is 4.93. The molecule has 3 amide bonds. The quantitative estimate of drug-likeness (QED) is 0.745. The Morgan fingerprint density at radius 1 is 1.30 bits per heavy atom. The van der Waals surface area contributed by atoms with Gasteiger partial charge in [-0.1, -0.05) is 0 Å². The second kappa shape index (κ2) is 6.83. The van der Waals surface area contributed by atoms with Crippen LogP contribution in [0, 0.1) is 0 Å². The Balaban J connectivity index is 1.82. The van der Waals surface area contributed by atoms with Crippen LogP contribution in [0.3, 0.4) is 0 Å². The second-order valence-corrected chi connectivity index (χ2v) is 5.68. The highest BCUT2D eigenvalue weighted by Gasteiger charge is 2.31. The Bertz CT molecular complexity index is 396. The molecule has 2 rings (SSSR count). The number of hydrogen-bond acceptors (Lipinski definition) is 5. The normalized spacial score (nSPS) is 23.2. The van der Waals surface area contributed by atoms with E-state index in [0.717, 1.165) is 0 Å². The summed E-state index contributed by atoms with van der Waals surface area (Å²) in [5.41, 5.74) is 0. The predicted octanol–water partition coefficient (Wildman–Crippen LogP) is -0.481. The molecule has 0 aromatic rings. The van der Waals surface area contributed by atoms with Gasteiger partial charge < -0.3 is 19.9 Å². The summed E-state index contributed by atoms with van der Waals surface area (Å²) in [6, 6.07) is -0.435. The van der Waals surface area contributed by atoms with Crippen molar-refractivity contribution in [1.29, 1.82) is 0 Å². The maximum Gasteiger partial charge on any atom is 0.409 e. The van der Waals surface area contributed by atoms with Gasteiger partial charge >= 0.3 is 6.09 Å². The van der Waals surface area contributed by atoms with E-state index in [1.807, 2.05) is 0 Å². The van der Waals surface area contributed by atoms with E-state index in [1.54, 1.807) is 16.7 Å². The Morgan fingerprint density at radius 3 is 2.55 bits per heavy atom. The van der Waals surface area contributed by atoms with Crippen molar-refractivity contribution in [3.05, 3.63) is 0 Å². The number of piperazine rings is 1. The van der Waals surface area contributed by atoms with Crippen LogP contribution in [0.2, 0.25) is 0 Å². The number of amides is 3. The largest absolute Gasteiger partial charge is 0.450 e. The number of nitrogens with one attached hydrogen (secondary N) is 1. The number of thioether (sulfide) groups is 1. The van der Waals surface area contributed by atoms with Gasteiger partial charge in [-0.05, 0) is 6.92 Å². The minimum absolute atomic E-state index is 0.0611. The van der Waals surface area contributed by atoms with Gasteiger partial charge in [-0.25, -0.2) is 4.79 Å². The van der Waals surface area contributed by atoms with Gasteiger partial charge in [-0.2, -0.15) is 0 Å². The van der Waals surface area contributed by atoms with Crippen molar-refractivity contribution in [2.24, 2.45) is 0 Å². The van der Waals surface area contributed by atoms with E-state index in [-0.39, 0.29) is 17.9 Å². The van der Waals surface area contributed by atoms with Crippen LogP contribution in [-0.2, 0) is 14.3 Å². The molecule has 2 aliphatic heterocycles. The average Bonchev–Trinajstić information content (AvgIpc) is 2.47. The fraction of sp³-hybridized carbons (Fsp3) is 0.750. The topological polar surface area (TPSA) is 79.0 Å². The number of rotatable bonds is 2. The Morgan fingerprint density at radius 2 is 1.95 bits per heavy atom. The summed E-state index contributed by atoms with van der Waals surface area (Å²) in [5.74, 6) is 0.877. The van der Waals surface area contributed by atoms with E-state index in [2.05, 4.69) is 5.32 Å². The third kappa shape index (κ3) is 3.56. The van der Waals surface area contributed by atoms with Gasteiger partial charge in [0.2, 0.25) is 11.8 Å². The fourth-order valence-electron chi connectivity index (χ4n) is 2.22. The molecule has 0 saturated carbocycles. The summed E-state index contributed by atoms with van der Waals surface area (Å²) in [7, 11) is 0. The lowest BCUT2D eigenvalue weighted by molar-refractivity contribution is -0.136. The van der Waals surface area contributed by atoms with Crippen LogP contribution in [0.1, 0.15) is 6.92 Å². The van der Waals surface area contributed by atoms with Crippen LogP contribution in [0.15, 0.2) is 0 Å². The molecule has 2 saturated heterocycles. The SMILES string of the molecule is CCOC(=O)N1CCN(C(=O)C2CSCC(=O)N2)CC1. The van der Waals surface area contributed by atoms with Crippen LogP contribution in [-0.4, -0.2) is 78.0 Å². The van der Waals surface area contributed by atoms with Crippen LogP contribution in [0.4, 0.5) is 4.79 Å². The smallest absolute Gasteiger partial charge is 0.409 e. The highest BCUT2D eigenvalue weighted by atomic mass is 32.2. The third-order valence-electron chi connectivity index (χ3n) is 3.27. The molecule has 7 nitrogen and oxygen atoms in total. The zero-order valence-electron chi connectivity index (χ0n) is 11.5. The van der Waals surface area contributed by atoms with E-state index in [0.29, 0.717) is 44.3 Å². The fourth-order valence-corrected chi connectivity index (χ4v) is 3.07. The molecule has 0 aliphatic carbocycles. The lowest BCUT2D eigenvalue weighted by Gasteiger charge is -2.36. The molecule has 8 heteroatoms. The molecule has 1 N–H and O–H groups in total. The van der Waals surface area contributed by atoms with E-state index < -0.39 is 6.04 Å². The Hall–Kier alpha value is -1.44. The number of hydrogen-bond donors (Lipinski definition) is 1. The first-order chi connectivity index (χ1) is 9.61. The molecule has 0 spiro atoms. The summed E-state index contributed by atoms with van der Waals surface area (Å²) in [6.45, 7) is 4.02. The molecule has 0 radical (unpaired) electrons. The maximum absolute atomic E-state index is 12.3. The van der Waals surface area contributed by atoms with Gasteiger partial charge in [0.15, 0.2) is 0 Å². The van der Waals surface area contributed by atoms with Crippen molar-refractivity contribution in [2.45, 2.75) is 13.0 Å². The molecule has 20 heavy (non-hydrogen) atoms. The molecule has 2 heterocycles.